The van der Waals surface area contributed by atoms with Crippen LogP contribution in [0.2, 0.25) is 0 Å². The summed E-state index contributed by atoms with van der Waals surface area (Å²) in [4.78, 5) is 11.2. The highest BCUT2D eigenvalue weighted by Gasteiger charge is 2.21. The Labute approximate surface area is 148 Å². The predicted octanol–water partition coefficient (Wildman–Crippen LogP) is 3.98. The van der Waals surface area contributed by atoms with Crippen molar-refractivity contribution in [3.05, 3.63) is 66.1 Å². The van der Waals surface area contributed by atoms with Crippen molar-refractivity contribution >= 4 is 10.9 Å². The minimum absolute atomic E-state index is 0.277. The number of hydrogen-bond acceptors (Lipinski definition) is 4. The Hall–Kier alpha value is -2.46. The van der Waals surface area contributed by atoms with Crippen molar-refractivity contribution in [1.82, 2.24) is 14.9 Å². The molecule has 0 spiro atoms. The zero-order valence-corrected chi connectivity index (χ0v) is 14.6. The standard InChI is InChI=1S/C21H23N3O/c1-16-14-21(19-4-2-3-5-20(19)23-16)25-18-8-12-24(13-9-18)15-17-6-10-22-11-7-17/h2-7,10-11,14,18H,8-9,12-13,15H2,1H3. The number of nitrogens with zero attached hydrogens (tertiary/aromatic N) is 3. The third-order valence-corrected chi connectivity index (χ3v) is 4.79. The summed E-state index contributed by atoms with van der Waals surface area (Å²) in [5.41, 5.74) is 3.33. The molecule has 25 heavy (non-hydrogen) atoms. The topological polar surface area (TPSA) is 38.2 Å². The Morgan fingerprint density at radius 2 is 1.84 bits per heavy atom. The van der Waals surface area contributed by atoms with E-state index in [0.29, 0.717) is 0 Å². The Morgan fingerprint density at radius 1 is 1.08 bits per heavy atom. The number of ether oxygens (including phenoxy) is 1. The number of aryl methyl sites for hydroxylation is 1. The summed E-state index contributed by atoms with van der Waals surface area (Å²) in [6.45, 7) is 5.15. The molecule has 0 bridgehead atoms. The van der Waals surface area contributed by atoms with Gasteiger partial charge in [0, 0.05) is 49.2 Å². The third-order valence-electron chi connectivity index (χ3n) is 4.79. The van der Waals surface area contributed by atoms with Crippen LogP contribution < -0.4 is 4.74 Å². The summed E-state index contributed by atoms with van der Waals surface area (Å²) in [5, 5.41) is 1.10. The number of aromatic nitrogens is 2. The van der Waals surface area contributed by atoms with E-state index in [0.717, 1.165) is 54.8 Å². The number of likely N-dealkylation sites (tertiary alicyclic amines) is 1. The maximum absolute atomic E-state index is 6.37. The molecule has 0 N–H and O–H groups in total. The molecule has 4 rings (SSSR count). The Balaban J connectivity index is 1.41. The lowest BCUT2D eigenvalue weighted by Gasteiger charge is -2.32. The number of fused-ring (bicyclic) bond motifs is 1. The average Bonchev–Trinajstić information content (AvgIpc) is 2.64. The predicted molar refractivity (Wildman–Crippen MR) is 99.6 cm³/mol. The van der Waals surface area contributed by atoms with Gasteiger partial charge in [0.25, 0.3) is 0 Å². The molecule has 1 saturated heterocycles. The summed E-state index contributed by atoms with van der Waals surface area (Å²) >= 11 is 0. The van der Waals surface area contributed by atoms with E-state index in [-0.39, 0.29) is 6.10 Å². The minimum Gasteiger partial charge on any atom is -0.490 e. The van der Waals surface area contributed by atoms with Gasteiger partial charge in [0.15, 0.2) is 0 Å². The fourth-order valence-electron chi connectivity index (χ4n) is 3.48. The van der Waals surface area contributed by atoms with Gasteiger partial charge in [-0.1, -0.05) is 12.1 Å². The highest BCUT2D eigenvalue weighted by atomic mass is 16.5. The lowest BCUT2D eigenvalue weighted by atomic mass is 10.1. The molecule has 1 fully saturated rings. The molecule has 0 radical (unpaired) electrons. The first-order valence-electron chi connectivity index (χ1n) is 8.92. The van der Waals surface area contributed by atoms with E-state index in [9.17, 15) is 0 Å². The number of para-hydroxylation sites is 1. The number of benzene rings is 1. The molecule has 0 atom stereocenters. The van der Waals surface area contributed by atoms with Gasteiger partial charge in [-0.3, -0.25) is 14.9 Å². The van der Waals surface area contributed by atoms with Crippen LogP contribution >= 0.6 is 0 Å². The molecule has 128 valence electrons. The van der Waals surface area contributed by atoms with Gasteiger partial charge < -0.3 is 4.74 Å². The Kier molecular flexibility index (Phi) is 4.61. The van der Waals surface area contributed by atoms with Crippen molar-refractivity contribution < 1.29 is 4.74 Å². The van der Waals surface area contributed by atoms with E-state index >= 15 is 0 Å². The summed E-state index contributed by atoms with van der Waals surface area (Å²) in [7, 11) is 0. The normalized spacial score (nSPS) is 16.2. The monoisotopic (exact) mass is 333 g/mol. The van der Waals surface area contributed by atoms with E-state index in [4.69, 9.17) is 4.74 Å². The number of hydrogen-bond donors (Lipinski definition) is 0. The molecule has 2 aromatic heterocycles. The van der Waals surface area contributed by atoms with Crippen LogP contribution in [-0.4, -0.2) is 34.1 Å². The highest BCUT2D eigenvalue weighted by molar-refractivity contribution is 5.85. The molecule has 0 saturated carbocycles. The van der Waals surface area contributed by atoms with E-state index < -0.39 is 0 Å². The van der Waals surface area contributed by atoms with Gasteiger partial charge in [0.05, 0.1) is 5.52 Å². The lowest BCUT2D eigenvalue weighted by Crippen LogP contribution is -2.37. The number of rotatable bonds is 4. The second kappa shape index (κ2) is 7.19. The first-order chi connectivity index (χ1) is 12.3. The van der Waals surface area contributed by atoms with Gasteiger partial charge in [-0.25, -0.2) is 0 Å². The van der Waals surface area contributed by atoms with Crippen molar-refractivity contribution in [3.63, 3.8) is 0 Å². The van der Waals surface area contributed by atoms with Crippen LogP contribution in [0.1, 0.15) is 24.1 Å². The molecular formula is C21H23N3O. The van der Waals surface area contributed by atoms with Crippen LogP contribution in [0.15, 0.2) is 54.9 Å². The maximum Gasteiger partial charge on any atom is 0.130 e. The maximum atomic E-state index is 6.37. The molecule has 0 amide bonds. The van der Waals surface area contributed by atoms with Crippen molar-refractivity contribution in [2.75, 3.05) is 13.1 Å². The molecule has 3 aromatic rings. The van der Waals surface area contributed by atoms with E-state index in [1.54, 1.807) is 0 Å². The van der Waals surface area contributed by atoms with Gasteiger partial charge in [0.1, 0.15) is 11.9 Å². The highest BCUT2D eigenvalue weighted by Crippen LogP contribution is 2.28. The fourth-order valence-corrected chi connectivity index (χ4v) is 3.48. The third kappa shape index (κ3) is 3.80. The van der Waals surface area contributed by atoms with Crippen LogP contribution in [0.4, 0.5) is 0 Å². The first kappa shape index (κ1) is 16.0. The van der Waals surface area contributed by atoms with Crippen LogP contribution in [0.5, 0.6) is 5.75 Å². The van der Waals surface area contributed by atoms with Crippen LogP contribution in [0.25, 0.3) is 10.9 Å². The van der Waals surface area contributed by atoms with Crippen molar-refractivity contribution in [2.45, 2.75) is 32.4 Å². The molecule has 3 heterocycles. The molecule has 0 unspecified atom stereocenters. The second-order valence-electron chi connectivity index (χ2n) is 6.73. The van der Waals surface area contributed by atoms with Gasteiger partial charge in [0.2, 0.25) is 0 Å². The van der Waals surface area contributed by atoms with E-state index in [2.05, 4.69) is 39.1 Å². The van der Waals surface area contributed by atoms with Crippen LogP contribution in [0, 0.1) is 6.92 Å². The molecule has 1 aromatic carbocycles. The van der Waals surface area contributed by atoms with Gasteiger partial charge >= 0.3 is 0 Å². The fraction of sp³-hybridized carbons (Fsp3) is 0.333. The van der Waals surface area contributed by atoms with Crippen LogP contribution in [0.3, 0.4) is 0 Å². The SMILES string of the molecule is Cc1cc(OC2CCN(Cc3ccncc3)CC2)c2ccccc2n1. The Bertz CT molecular complexity index is 842. The molecule has 4 heteroatoms. The average molecular weight is 333 g/mol. The smallest absolute Gasteiger partial charge is 0.130 e. The van der Waals surface area contributed by atoms with Gasteiger partial charge in [-0.2, -0.15) is 0 Å². The quantitative estimate of drug-likeness (QED) is 0.724. The number of pyridine rings is 2. The Morgan fingerprint density at radius 3 is 2.64 bits per heavy atom. The van der Waals surface area contributed by atoms with Crippen molar-refractivity contribution in [1.29, 1.82) is 0 Å². The zero-order chi connectivity index (χ0) is 17.1. The minimum atomic E-state index is 0.277. The van der Waals surface area contributed by atoms with Crippen molar-refractivity contribution in [2.24, 2.45) is 0 Å². The second-order valence-corrected chi connectivity index (χ2v) is 6.73. The molecule has 1 aliphatic heterocycles. The summed E-state index contributed by atoms with van der Waals surface area (Å²) in [6, 6.07) is 14.5. The largest absolute Gasteiger partial charge is 0.490 e. The zero-order valence-electron chi connectivity index (χ0n) is 14.6. The molecule has 4 nitrogen and oxygen atoms in total. The van der Waals surface area contributed by atoms with E-state index in [1.165, 1.54) is 5.56 Å². The van der Waals surface area contributed by atoms with Crippen LogP contribution in [-0.2, 0) is 6.54 Å². The molecular weight excluding hydrogens is 310 g/mol. The summed E-state index contributed by atoms with van der Waals surface area (Å²) in [5.74, 6) is 0.968. The van der Waals surface area contributed by atoms with Gasteiger partial charge in [-0.15, -0.1) is 0 Å². The molecule has 0 aliphatic carbocycles. The van der Waals surface area contributed by atoms with Gasteiger partial charge in [-0.05, 0) is 49.6 Å². The van der Waals surface area contributed by atoms with Crippen molar-refractivity contribution in [3.8, 4) is 5.75 Å². The number of piperidine rings is 1. The molecule has 1 aliphatic rings. The summed E-state index contributed by atoms with van der Waals surface area (Å²) in [6.07, 6.45) is 6.12. The lowest BCUT2D eigenvalue weighted by molar-refractivity contribution is 0.0979. The first-order valence-corrected chi connectivity index (χ1v) is 8.92. The summed E-state index contributed by atoms with van der Waals surface area (Å²) < 4.78 is 6.37. The van der Waals surface area contributed by atoms with E-state index in [1.807, 2.05) is 37.5 Å².